The van der Waals surface area contributed by atoms with E-state index in [1.54, 1.807) is 41.9 Å². The van der Waals surface area contributed by atoms with Crippen molar-refractivity contribution in [1.82, 2.24) is 4.98 Å². The lowest BCUT2D eigenvalue weighted by atomic mass is 10.1. The first kappa shape index (κ1) is 15.5. The summed E-state index contributed by atoms with van der Waals surface area (Å²) in [4.78, 5) is 15.9. The van der Waals surface area contributed by atoms with Crippen molar-refractivity contribution in [2.75, 3.05) is 11.9 Å². The summed E-state index contributed by atoms with van der Waals surface area (Å²) in [6, 6.07) is 8.97. The summed E-state index contributed by atoms with van der Waals surface area (Å²) in [6.45, 7) is 4.00. The van der Waals surface area contributed by atoms with Crippen LogP contribution in [0.1, 0.15) is 5.56 Å². The first-order valence-corrected chi connectivity index (χ1v) is 7.27. The average Bonchev–Trinajstić information content (AvgIpc) is 3.04. The number of ether oxygens (including phenoxy) is 1. The second kappa shape index (κ2) is 7.76. The number of nitrogens with one attached hydrogen (secondary N) is 1. The van der Waals surface area contributed by atoms with Crippen LogP contribution in [0.3, 0.4) is 0 Å². The molecular weight excluding hydrogens is 298 g/mol. The lowest BCUT2D eigenvalue weighted by Crippen LogP contribution is -2.13. The van der Waals surface area contributed by atoms with E-state index in [9.17, 15) is 4.79 Å². The van der Waals surface area contributed by atoms with Gasteiger partial charge < -0.3 is 4.74 Å². The summed E-state index contributed by atoms with van der Waals surface area (Å²) in [5.41, 5.74) is 0.742. The van der Waals surface area contributed by atoms with Gasteiger partial charge in [0.15, 0.2) is 5.13 Å². The summed E-state index contributed by atoms with van der Waals surface area (Å²) >= 11 is 1.29. The van der Waals surface area contributed by atoms with Gasteiger partial charge in [0.2, 0.25) is 0 Å². The zero-order valence-corrected chi connectivity index (χ0v) is 12.5. The normalized spacial score (nSPS) is 10.6. The number of anilines is 1. The molecule has 6 heteroatoms. The van der Waals surface area contributed by atoms with Gasteiger partial charge >= 0.3 is 0 Å². The molecule has 0 unspecified atom stereocenters. The number of aromatic nitrogens is 1. The van der Waals surface area contributed by atoms with E-state index >= 15 is 0 Å². The highest BCUT2D eigenvalue weighted by molar-refractivity contribution is 7.13. The maximum Gasteiger partial charge on any atom is 0.268 e. The third-order valence-electron chi connectivity index (χ3n) is 2.58. The number of nitrogens with zero attached hydrogens (tertiary/aromatic N) is 2. The molecule has 0 radical (unpaired) electrons. The van der Waals surface area contributed by atoms with Gasteiger partial charge in [0.1, 0.15) is 24.0 Å². The van der Waals surface area contributed by atoms with Crippen molar-refractivity contribution in [3.05, 3.63) is 59.6 Å². The van der Waals surface area contributed by atoms with Gasteiger partial charge in [-0.15, -0.1) is 11.3 Å². The Morgan fingerprint density at radius 3 is 2.82 bits per heavy atom. The van der Waals surface area contributed by atoms with Crippen molar-refractivity contribution in [2.24, 2.45) is 0 Å². The molecule has 0 fully saturated rings. The van der Waals surface area contributed by atoms with Crippen LogP contribution in [0.4, 0.5) is 5.13 Å². The molecule has 2 rings (SSSR count). The van der Waals surface area contributed by atoms with Crippen LogP contribution in [0, 0.1) is 11.3 Å². The summed E-state index contributed by atoms with van der Waals surface area (Å²) in [7, 11) is 0. The molecule has 5 nitrogen and oxygen atoms in total. The summed E-state index contributed by atoms with van der Waals surface area (Å²) < 4.78 is 5.37. The zero-order chi connectivity index (χ0) is 15.8. The second-order valence-corrected chi connectivity index (χ2v) is 5.02. The van der Waals surface area contributed by atoms with Crippen LogP contribution in [0.2, 0.25) is 0 Å². The van der Waals surface area contributed by atoms with E-state index in [1.807, 2.05) is 6.07 Å². The number of amides is 1. The Hall–Kier alpha value is -2.91. The number of hydrogen-bond acceptors (Lipinski definition) is 5. The number of carbonyl (C=O) groups is 1. The van der Waals surface area contributed by atoms with Gasteiger partial charge in [-0.25, -0.2) is 4.98 Å². The van der Waals surface area contributed by atoms with E-state index in [0.29, 0.717) is 17.5 Å². The Morgan fingerprint density at radius 1 is 1.45 bits per heavy atom. The molecule has 1 aromatic heterocycles. The fraction of sp³-hybridized carbons (Fsp3) is 0.0625. The van der Waals surface area contributed by atoms with Gasteiger partial charge in [-0.05, 0) is 23.8 Å². The zero-order valence-electron chi connectivity index (χ0n) is 11.7. The Morgan fingerprint density at radius 2 is 2.23 bits per heavy atom. The lowest BCUT2D eigenvalue weighted by molar-refractivity contribution is -0.112. The standard InChI is InChI=1S/C16H13N3O2S/c1-2-8-21-14-5-3-12(4-6-14)10-13(11-17)15(20)19-16-18-7-9-22-16/h2-7,9-10H,1,8H2,(H,18,19,20). The van der Waals surface area contributed by atoms with E-state index in [0.717, 1.165) is 5.56 Å². The van der Waals surface area contributed by atoms with Crippen molar-refractivity contribution < 1.29 is 9.53 Å². The number of nitriles is 1. The second-order valence-electron chi connectivity index (χ2n) is 4.13. The third kappa shape index (κ3) is 4.30. The third-order valence-corrected chi connectivity index (χ3v) is 3.27. The number of thiazole rings is 1. The van der Waals surface area contributed by atoms with E-state index in [4.69, 9.17) is 10.00 Å². The first-order valence-electron chi connectivity index (χ1n) is 6.39. The molecule has 22 heavy (non-hydrogen) atoms. The van der Waals surface area contributed by atoms with Gasteiger partial charge in [0.05, 0.1) is 0 Å². The van der Waals surface area contributed by atoms with Crippen molar-refractivity contribution in [2.45, 2.75) is 0 Å². The molecule has 0 saturated heterocycles. The van der Waals surface area contributed by atoms with Crippen LogP contribution in [0.25, 0.3) is 6.08 Å². The Bertz CT molecular complexity index is 713. The Balaban J connectivity index is 2.09. The fourth-order valence-electron chi connectivity index (χ4n) is 1.58. The predicted molar refractivity (Wildman–Crippen MR) is 86.5 cm³/mol. The van der Waals surface area contributed by atoms with Crippen LogP contribution >= 0.6 is 11.3 Å². The van der Waals surface area contributed by atoms with Gasteiger partial charge in [-0.1, -0.05) is 24.8 Å². The molecule has 2 aromatic rings. The molecule has 0 saturated carbocycles. The molecule has 110 valence electrons. The highest BCUT2D eigenvalue weighted by Crippen LogP contribution is 2.16. The minimum Gasteiger partial charge on any atom is -0.490 e. The molecule has 0 spiro atoms. The van der Waals surface area contributed by atoms with Crippen LogP contribution in [-0.2, 0) is 4.79 Å². The summed E-state index contributed by atoms with van der Waals surface area (Å²) in [5, 5.41) is 13.9. The highest BCUT2D eigenvalue weighted by Gasteiger charge is 2.10. The highest BCUT2D eigenvalue weighted by atomic mass is 32.1. The topological polar surface area (TPSA) is 75.0 Å². The summed E-state index contributed by atoms with van der Waals surface area (Å²) in [6.07, 6.45) is 4.75. The number of hydrogen-bond donors (Lipinski definition) is 1. The maximum atomic E-state index is 12.0. The molecule has 1 aromatic carbocycles. The number of benzene rings is 1. The van der Waals surface area contributed by atoms with Gasteiger partial charge in [0.25, 0.3) is 5.91 Å². The molecule has 1 heterocycles. The molecular formula is C16H13N3O2S. The minimum absolute atomic E-state index is 0.00922. The van der Waals surface area contributed by atoms with Gasteiger partial charge in [-0.3, -0.25) is 10.1 Å². The van der Waals surface area contributed by atoms with Crippen molar-refractivity contribution in [3.8, 4) is 11.8 Å². The Kier molecular flexibility index (Phi) is 5.46. The van der Waals surface area contributed by atoms with E-state index in [1.165, 1.54) is 17.4 Å². The SMILES string of the molecule is C=CCOc1ccc(C=C(C#N)C(=O)Nc2nccs2)cc1. The first-order chi connectivity index (χ1) is 10.7. The van der Waals surface area contributed by atoms with Crippen LogP contribution in [0.15, 0.2) is 54.1 Å². The predicted octanol–water partition coefficient (Wildman–Crippen LogP) is 3.25. The molecule has 1 N–H and O–H groups in total. The summed E-state index contributed by atoms with van der Waals surface area (Å²) in [5.74, 6) is 0.215. The monoisotopic (exact) mass is 311 g/mol. The fourth-order valence-corrected chi connectivity index (χ4v) is 2.10. The van der Waals surface area contributed by atoms with Crippen LogP contribution in [-0.4, -0.2) is 17.5 Å². The largest absolute Gasteiger partial charge is 0.490 e. The average molecular weight is 311 g/mol. The quantitative estimate of drug-likeness (QED) is 0.505. The molecule has 1 amide bonds. The van der Waals surface area contributed by atoms with Crippen molar-refractivity contribution in [1.29, 1.82) is 5.26 Å². The molecule has 0 aliphatic heterocycles. The van der Waals surface area contributed by atoms with Crippen molar-refractivity contribution in [3.63, 3.8) is 0 Å². The minimum atomic E-state index is -0.482. The van der Waals surface area contributed by atoms with E-state index in [-0.39, 0.29) is 5.57 Å². The van der Waals surface area contributed by atoms with Gasteiger partial charge in [-0.2, -0.15) is 5.26 Å². The number of rotatable bonds is 6. The Labute approximate surface area is 132 Å². The van der Waals surface area contributed by atoms with E-state index in [2.05, 4.69) is 16.9 Å². The molecule has 0 atom stereocenters. The molecule has 0 aliphatic carbocycles. The number of carbonyl (C=O) groups excluding carboxylic acids is 1. The molecule has 0 bridgehead atoms. The van der Waals surface area contributed by atoms with Gasteiger partial charge in [0, 0.05) is 11.6 Å². The smallest absolute Gasteiger partial charge is 0.268 e. The van der Waals surface area contributed by atoms with Crippen LogP contribution in [0.5, 0.6) is 5.75 Å². The van der Waals surface area contributed by atoms with Crippen LogP contribution < -0.4 is 10.1 Å². The van der Waals surface area contributed by atoms with E-state index < -0.39 is 5.91 Å². The maximum absolute atomic E-state index is 12.0. The lowest BCUT2D eigenvalue weighted by Gasteiger charge is -2.03. The molecule has 0 aliphatic rings. The van der Waals surface area contributed by atoms with Crippen molar-refractivity contribution >= 4 is 28.5 Å².